The first kappa shape index (κ1) is 22.5. The standard InChI is InChI=1S/C23H29N7O4/c1-25-22(32)19-16(24)18(31)23(34-19)30-12-29-17-20(27-11-28-21(17)30)26-10-13-6-2-5-9-15(13)33-14-7-3-4-8-14/h2,5-6,9,11-12,14,16,18-19,23,31H,3-4,7-8,10,24H2,1H3,(H,25,32)(H,26,27,28). The third kappa shape index (κ3) is 4.17. The molecule has 1 amide bonds. The molecule has 2 aliphatic rings. The summed E-state index contributed by atoms with van der Waals surface area (Å²) >= 11 is 0. The van der Waals surface area contributed by atoms with E-state index in [0.29, 0.717) is 23.5 Å². The molecule has 2 aromatic heterocycles. The number of aliphatic hydroxyl groups excluding tert-OH is 1. The zero-order valence-corrected chi connectivity index (χ0v) is 18.9. The van der Waals surface area contributed by atoms with Gasteiger partial charge < -0.3 is 30.9 Å². The molecule has 0 radical (unpaired) electrons. The van der Waals surface area contributed by atoms with Crippen molar-refractivity contribution in [3.63, 3.8) is 0 Å². The lowest BCUT2D eigenvalue weighted by Gasteiger charge is -2.17. The number of benzene rings is 1. The van der Waals surface area contributed by atoms with E-state index in [1.165, 1.54) is 32.5 Å². The molecule has 2 fully saturated rings. The molecule has 5 rings (SSSR count). The van der Waals surface area contributed by atoms with Gasteiger partial charge in [-0.1, -0.05) is 18.2 Å². The summed E-state index contributed by atoms with van der Waals surface area (Å²) in [4.78, 5) is 25.2. The normalized spacial score (nSPS) is 25.0. The number of nitrogens with one attached hydrogen (secondary N) is 2. The second-order valence-corrected chi connectivity index (χ2v) is 8.66. The third-order valence-corrected chi connectivity index (χ3v) is 6.47. The van der Waals surface area contributed by atoms with Crippen molar-refractivity contribution in [2.45, 2.75) is 62.8 Å². The molecule has 180 valence electrons. The maximum atomic E-state index is 12.1. The Hall–Kier alpha value is -3.28. The predicted molar refractivity (Wildman–Crippen MR) is 124 cm³/mol. The Bertz CT molecular complexity index is 1160. The molecule has 34 heavy (non-hydrogen) atoms. The number of para-hydroxylation sites is 1. The van der Waals surface area contributed by atoms with Crippen LogP contribution in [-0.2, 0) is 16.1 Å². The molecular weight excluding hydrogens is 438 g/mol. The first-order valence-electron chi connectivity index (χ1n) is 11.5. The van der Waals surface area contributed by atoms with Crippen LogP contribution in [0.25, 0.3) is 11.2 Å². The van der Waals surface area contributed by atoms with Gasteiger partial charge in [0.25, 0.3) is 5.91 Å². The van der Waals surface area contributed by atoms with Crippen molar-refractivity contribution in [2.75, 3.05) is 12.4 Å². The fourth-order valence-corrected chi connectivity index (χ4v) is 4.60. The minimum atomic E-state index is -1.11. The number of likely N-dealkylation sites (N-methyl/N-ethyl adjacent to an activating group) is 1. The number of nitrogens with zero attached hydrogens (tertiary/aromatic N) is 4. The average molecular weight is 468 g/mol. The van der Waals surface area contributed by atoms with Crippen molar-refractivity contribution in [2.24, 2.45) is 5.73 Å². The predicted octanol–water partition coefficient (Wildman–Crippen LogP) is 1.09. The lowest BCUT2D eigenvalue weighted by atomic mass is 10.1. The molecule has 0 bridgehead atoms. The summed E-state index contributed by atoms with van der Waals surface area (Å²) in [5.41, 5.74) is 8.03. The number of aliphatic hydroxyl groups is 1. The van der Waals surface area contributed by atoms with E-state index < -0.39 is 30.4 Å². The van der Waals surface area contributed by atoms with Crippen molar-refractivity contribution < 1.29 is 19.4 Å². The van der Waals surface area contributed by atoms with E-state index in [-0.39, 0.29) is 6.10 Å². The molecule has 1 saturated carbocycles. The molecule has 3 aromatic rings. The van der Waals surface area contributed by atoms with E-state index in [9.17, 15) is 9.90 Å². The topological polar surface area (TPSA) is 149 Å². The van der Waals surface area contributed by atoms with Gasteiger partial charge in [0.05, 0.1) is 18.5 Å². The molecule has 1 aliphatic heterocycles. The van der Waals surface area contributed by atoms with E-state index in [4.69, 9.17) is 15.2 Å². The van der Waals surface area contributed by atoms with Gasteiger partial charge in [0.2, 0.25) is 0 Å². The zero-order valence-electron chi connectivity index (χ0n) is 18.9. The molecule has 1 aliphatic carbocycles. The van der Waals surface area contributed by atoms with Gasteiger partial charge in [0.15, 0.2) is 29.3 Å². The molecule has 0 spiro atoms. The van der Waals surface area contributed by atoms with Gasteiger partial charge in [0, 0.05) is 19.2 Å². The second kappa shape index (κ2) is 9.53. The largest absolute Gasteiger partial charge is 0.490 e. The number of amides is 1. The maximum Gasteiger partial charge on any atom is 0.250 e. The summed E-state index contributed by atoms with van der Waals surface area (Å²) in [5, 5.41) is 16.5. The number of aromatic nitrogens is 4. The van der Waals surface area contributed by atoms with Crippen LogP contribution in [0.3, 0.4) is 0 Å². The Morgan fingerprint density at radius 3 is 2.85 bits per heavy atom. The quantitative estimate of drug-likeness (QED) is 0.400. The van der Waals surface area contributed by atoms with Crippen LogP contribution in [0.5, 0.6) is 5.75 Å². The van der Waals surface area contributed by atoms with E-state index in [2.05, 4.69) is 25.6 Å². The minimum absolute atomic E-state index is 0.269. The van der Waals surface area contributed by atoms with Crippen LogP contribution in [-0.4, -0.2) is 61.9 Å². The van der Waals surface area contributed by atoms with E-state index in [1.807, 2.05) is 24.3 Å². The Morgan fingerprint density at radius 1 is 1.26 bits per heavy atom. The second-order valence-electron chi connectivity index (χ2n) is 8.66. The Morgan fingerprint density at radius 2 is 2.06 bits per heavy atom. The van der Waals surface area contributed by atoms with E-state index in [0.717, 1.165) is 24.2 Å². The van der Waals surface area contributed by atoms with Crippen LogP contribution in [0.15, 0.2) is 36.9 Å². The Kier molecular flexibility index (Phi) is 6.31. The SMILES string of the molecule is CNC(=O)C1OC(n2cnc3c(NCc4ccccc4OC4CCCC4)ncnc32)C(O)C1N. The van der Waals surface area contributed by atoms with E-state index in [1.54, 1.807) is 4.57 Å². The van der Waals surface area contributed by atoms with E-state index >= 15 is 0 Å². The minimum Gasteiger partial charge on any atom is -0.490 e. The number of carbonyl (C=O) groups excluding carboxylic acids is 1. The van der Waals surface area contributed by atoms with Gasteiger partial charge in [-0.2, -0.15) is 0 Å². The van der Waals surface area contributed by atoms with Crippen molar-refractivity contribution in [3.05, 3.63) is 42.5 Å². The number of carbonyl (C=O) groups is 1. The lowest BCUT2D eigenvalue weighted by molar-refractivity contribution is -0.134. The summed E-state index contributed by atoms with van der Waals surface area (Å²) in [6, 6.07) is 7.09. The highest BCUT2D eigenvalue weighted by molar-refractivity contribution is 5.83. The Labute approximate surface area is 196 Å². The number of imidazole rings is 1. The summed E-state index contributed by atoms with van der Waals surface area (Å²) in [7, 11) is 1.49. The van der Waals surface area contributed by atoms with Gasteiger partial charge in [-0.05, 0) is 31.7 Å². The van der Waals surface area contributed by atoms with Crippen molar-refractivity contribution in [1.82, 2.24) is 24.8 Å². The van der Waals surface area contributed by atoms with Gasteiger partial charge in [0.1, 0.15) is 18.2 Å². The highest BCUT2D eigenvalue weighted by atomic mass is 16.5. The molecule has 1 aromatic carbocycles. The molecule has 11 nitrogen and oxygen atoms in total. The number of hydrogen-bond donors (Lipinski definition) is 4. The highest BCUT2D eigenvalue weighted by Crippen LogP contribution is 2.32. The molecule has 1 saturated heterocycles. The first-order valence-corrected chi connectivity index (χ1v) is 11.5. The van der Waals surface area contributed by atoms with Crippen molar-refractivity contribution >= 4 is 22.9 Å². The fourth-order valence-electron chi connectivity index (χ4n) is 4.60. The monoisotopic (exact) mass is 467 g/mol. The molecule has 11 heteroatoms. The molecule has 4 atom stereocenters. The Balaban J connectivity index is 1.35. The summed E-state index contributed by atoms with van der Waals surface area (Å²) in [5.74, 6) is 1.02. The number of hydrogen-bond acceptors (Lipinski definition) is 9. The summed E-state index contributed by atoms with van der Waals surface area (Å²) in [6.07, 6.45) is 4.81. The smallest absolute Gasteiger partial charge is 0.250 e. The average Bonchev–Trinajstić information content (AvgIpc) is 3.59. The number of rotatable bonds is 7. The molecule has 3 heterocycles. The molecule has 5 N–H and O–H groups in total. The van der Waals surface area contributed by atoms with Crippen LogP contribution in [0.4, 0.5) is 5.82 Å². The molecular formula is C23H29N7O4. The number of nitrogens with two attached hydrogens (primary N) is 1. The maximum absolute atomic E-state index is 12.1. The van der Waals surface area contributed by atoms with Gasteiger partial charge in [-0.15, -0.1) is 0 Å². The van der Waals surface area contributed by atoms with Crippen LogP contribution >= 0.6 is 0 Å². The molecule has 4 unspecified atom stereocenters. The van der Waals surface area contributed by atoms with Crippen molar-refractivity contribution in [3.8, 4) is 5.75 Å². The number of ether oxygens (including phenoxy) is 2. The van der Waals surface area contributed by atoms with Crippen molar-refractivity contribution in [1.29, 1.82) is 0 Å². The summed E-state index contributed by atoms with van der Waals surface area (Å²) < 4.78 is 13.6. The number of anilines is 1. The highest BCUT2D eigenvalue weighted by Gasteiger charge is 2.46. The van der Waals surface area contributed by atoms with Gasteiger partial charge in [-0.3, -0.25) is 9.36 Å². The fraction of sp³-hybridized carbons (Fsp3) is 0.478. The zero-order chi connectivity index (χ0) is 23.7. The third-order valence-electron chi connectivity index (χ3n) is 6.47. The van der Waals surface area contributed by atoms with Crippen LogP contribution in [0, 0.1) is 0 Å². The van der Waals surface area contributed by atoms with Crippen LogP contribution in [0.2, 0.25) is 0 Å². The lowest BCUT2D eigenvalue weighted by Crippen LogP contribution is -2.46. The first-order chi connectivity index (χ1) is 16.6. The number of fused-ring (bicyclic) bond motifs is 1. The van der Waals surface area contributed by atoms with Crippen LogP contribution in [0.1, 0.15) is 37.5 Å². The summed E-state index contributed by atoms with van der Waals surface area (Å²) in [6.45, 7) is 0.494. The van der Waals surface area contributed by atoms with Crippen LogP contribution < -0.4 is 21.1 Å². The van der Waals surface area contributed by atoms with Gasteiger partial charge >= 0.3 is 0 Å². The van der Waals surface area contributed by atoms with Gasteiger partial charge in [-0.25, -0.2) is 15.0 Å².